The highest BCUT2D eigenvalue weighted by Gasteiger charge is 2.21. The summed E-state index contributed by atoms with van der Waals surface area (Å²) in [5, 5.41) is 18.1. The van der Waals surface area contributed by atoms with E-state index in [4.69, 9.17) is 0 Å². The first kappa shape index (κ1) is 14.9. The highest BCUT2D eigenvalue weighted by atomic mass is 32.2. The molecule has 23 heavy (non-hydrogen) atoms. The zero-order chi connectivity index (χ0) is 16.6. The second-order valence-corrected chi connectivity index (χ2v) is 6.40. The van der Waals surface area contributed by atoms with Crippen LogP contribution in [0.3, 0.4) is 0 Å². The summed E-state index contributed by atoms with van der Waals surface area (Å²) in [4.78, 5) is 10.2. The van der Waals surface area contributed by atoms with Gasteiger partial charge in [-0.2, -0.15) is 0 Å². The van der Waals surface area contributed by atoms with E-state index in [9.17, 15) is 18.5 Å². The number of nitro benzene ring substituents is 1. The van der Waals surface area contributed by atoms with Crippen LogP contribution in [-0.2, 0) is 10.0 Å². The number of aromatic nitrogens is 2. The standard InChI is InChI=1S/C13H10N4O5S/c1-8-5-6-9(7-11(8)17(18)19)16-23(20,21)12-4-2-3-10-13(12)15-22-14-10/h2-7,16H,1H3. The fourth-order valence-electron chi connectivity index (χ4n) is 2.08. The van der Waals surface area contributed by atoms with Gasteiger partial charge in [-0.15, -0.1) is 0 Å². The molecule has 0 bridgehead atoms. The van der Waals surface area contributed by atoms with Crippen LogP contribution in [0.25, 0.3) is 11.0 Å². The molecule has 9 nitrogen and oxygen atoms in total. The molecule has 0 saturated heterocycles. The highest BCUT2D eigenvalue weighted by Crippen LogP contribution is 2.26. The summed E-state index contributed by atoms with van der Waals surface area (Å²) in [6.45, 7) is 1.57. The lowest BCUT2D eigenvalue weighted by Crippen LogP contribution is -2.13. The Kier molecular flexibility index (Phi) is 3.45. The second-order valence-electron chi connectivity index (χ2n) is 4.75. The number of hydrogen-bond donors (Lipinski definition) is 1. The van der Waals surface area contributed by atoms with Crippen molar-refractivity contribution in [1.82, 2.24) is 10.3 Å². The number of fused-ring (bicyclic) bond motifs is 1. The fraction of sp³-hybridized carbons (Fsp3) is 0.0769. The average Bonchev–Trinajstić information content (AvgIpc) is 2.96. The number of benzene rings is 2. The molecule has 0 atom stereocenters. The quantitative estimate of drug-likeness (QED) is 0.572. The summed E-state index contributed by atoms with van der Waals surface area (Å²) < 4.78 is 31.8. The van der Waals surface area contributed by atoms with E-state index in [0.717, 1.165) is 6.07 Å². The first-order valence-corrected chi connectivity index (χ1v) is 7.86. The van der Waals surface area contributed by atoms with Gasteiger partial charge in [-0.05, 0) is 35.4 Å². The van der Waals surface area contributed by atoms with Gasteiger partial charge in [0.2, 0.25) is 0 Å². The zero-order valence-electron chi connectivity index (χ0n) is 11.8. The van der Waals surface area contributed by atoms with Crippen molar-refractivity contribution in [3.8, 4) is 0 Å². The van der Waals surface area contributed by atoms with Crippen LogP contribution in [0.4, 0.5) is 11.4 Å². The molecular weight excluding hydrogens is 324 g/mol. The van der Waals surface area contributed by atoms with Crippen LogP contribution in [-0.4, -0.2) is 23.7 Å². The molecule has 1 N–H and O–H groups in total. The third-order valence-electron chi connectivity index (χ3n) is 3.20. The highest BCUT2D eigenvalue weighted by molar-refractivity contribution is 7.93. The summed E-state index contributed by atoms with van der Waals surface area (Å²) in [6.07, 6.45) is 0. The monoisotopic (exact) mass is 334 g/mol. The van der Waals surface area contributed by atoms with Crippen LogP contribution < -0.4 is 4.72 Å². The van der Waals surface area contributed by atoms with E-state index in [0.29, 0.717) is 11.1 Å². The molecule has 0 unspecified atom stereocenters. The molecule has 2 aromatic carbocycles. The smallest absolute Gasteiger partial charge is 0.274 e. The maximum Gasteiger partial charge on any atom is 0.274 e. The van der Waals surface area contributed by atoms with Gasteiger partial charge in [0, 0.05) is 11.6 Å². The average molecular weight is 334 g/mol. The SMILES string of the molecule is Cc1ccc(NS(=O)(=O)c2cccc3nonc23)cc1[N+](=O)[O-]. The molecule has 10 heteroatoms. The van der Waals surface area contributed by atoms with Crippen molar-refractivity contribution in [2.75, 3.05) is 4.72 Å². The van der Waals surface area contributed by atoms with Crippen molar-refractivity contribution >= 4 is 32.4 Å². The summed E-state index contributed by atoms with van der Waals surface area (Å²) in [5.74, 6) is 0. The lowest BCUT2D eigenvalue weighted by molar-refractivity contribution is -0.385. The maximum atomic E-state index is 12.5. The third kappa shape index (κ3) is 2.71. The Labute approximate surface area is 130 Å². The lowest BCUT2D eigenvalue weighted by Gasteiger charge is -2.08. The predicted molar refractivity (Wildman–Crippen MR) is 80.4 cm³/mol. The van der Waals surface area contributed by atoms with Gasteiger partial charge in [-0.1, -0.05) is 12.1 Å². The van der Waals surface area contributed by atoms with Crippen molar-refractivity contribution in [2.24, 2.45) is 0 Å². The van der Waals surface area contributed by atoms with Gasteiger partial charge in [0.1, 0.15) is 10.4 Å². The Balaban J connectivity index is 2.04. The van der Waals surface area contributed by atoms with E-state index in [1.807, 2.05) is 0 Å². The molecule has 0 aliphatic rings. The molecule has 118 valence electrons. The zero-order valence-corrected chi connectivity index (χ0v) is 12.6. The number of nitrogens with one attached hydrogen (secondary N) is 1. The molecule has 0 saturated carbocycles. The van der Waals surface area contributed by atoms with Crippen LogP contribution >= 0.6 is 0 Å². The number of rotatable bonds is 4. The number of anilines is 1. The summed E-state index contributed by atoms with van der Waals surface area (Å²) in [5.41, 5.74) is 0.715. The molecule has 3 rings (SSSR count). The molecular formula is C13H10N4O5S. The van der Waals surface area contributed by atoms with Crippen LogP contribution in [0.15, 0.2) is 45.9 Å². The van der Waals surface area contributed by atoms with Gasteiger partial charge < -0.3 is 0 Å². The first-order chi connectivity index (χ1) is 10.9. The Morgan fingerprint density at radius 2 is 2.00 bits per heavy atom. The normalized spacial score (nSPS) is 11.5. The molecule has 1 aromatic heterocycles. The molecule has 3 aromatic rings. The third-order valence-corrected chi connectivity index (χ3v) is 4.61. The molecule has 0 amide bonds. The molecule has 0 radical (unpaired) electrons. The van der Waals surface area contributed by atoms with Crippen LogP contribution in [0, 0.1) is 17.0 Å². The topological polar surface area (TPSA) is 128 Å². The van der Waals surface area contributed by atoms with Crippen molar-refractivity contribution < 1.29 is 18.0 Å². The Morgan fingerprint density at radius 3 is 2.74 bits per heavy atom. The van der Waals surface area contributed by atoms with Crippen molar-refractivity contribution in [3.63, 3.8) is 0 Å². The van der Waals surface area contributed by atoms with Crippen molar-refractivity contribution in [1.29, 1.82) is 0 Å². The Bertz CT molecular complexity index is 1010. The Hall–Kier alpha value is -3.01. The lowest BCUT2D eigenvalue weighted by atomic mass is 10.2. The van der Waals surface area contributed by atoms with Crippen LogP contribution in [0.2, 0.25) is 0 Å². The van der Waals surface area contributed by atoms with Crippen LogP contribution in [0.5, 0.6) is 0 Å². The van der Waals surface area contributed by atoms with Gasteiger partial charge >= 0.3 is 0 Å². The molecule has 1 heterocycles. The van der Waals surface area contributed by atoms with Crippen LogP contribution in [0.1, 0.15) is 5.56 Å². The van der Waals surface area contributed by atoms with E-state index >= 15 is 0 Å². The maximum absolute atomic E-state index is 12.5. The van der Waals surface area contributed by atoms with E-state index < -0.39 is 14.9 Å². The first-order valence-electron chi connectivity index (χ1n) is 6.37. The number of aryl methyl sites for hydroxylation is 1. The number of nitrogens with zero attached hydrogens (tertiary/aromatic N) is 3. The van der Waals surface area contributed by atoms with E-state index in [2.05, 4.69) is 19.7 Å². The van der Waals surface area contributed by atoms with Crippen molar-refractivity contribution in [2.45, 2.75) is 11.8 Å². The number of nitro groups is 1. The van der Waals surface area contributed by atoms with Gasteiger partial charge in [0.25, 0.3) is 15.7 Å². The van der Waals surface area contributed by atoms with Gasteiger partial charge in [0.05, 0.1) is 10.6 Å². The van der Waals surface area contributed by atoms with E-state index in [1.54, 1.807) is 13.0 Å². The van der Waals surface area contributed by atoms with Gasteiger partial charge in [-0.3, -0.25) is 14.8 Å². The predicted octanol–water partition coefficient (Wildman–Crippen LogP) is 2.24. The van der Waals surface area contributed by atoms with Gasteiger partial charge in [0.15, 0.2) is 5.52 Å². The van der Waals surface area contributed by atoms with E-state index in [-0.39, 0.29) is 21.8 Å². The molecule has 0 fully saturated rings. The largest absolute Gasteiger partial charge is 0.279 e. The van der Waals surface area contributed by atoms with E-state index in [1.165, 1.54) is 24.3 Å². The number of hydrogen-bond acceptors (Lipinski definition) is 7. The minimum absolute atomic E-state index is 0.0794. The molecule has 0 aliphatic heterocycles. The minimum atomic E-state index is -4.00. The molecule has 0 spiro atoms. The minimum Gasteiger partial charge on any atom is -0.279 e. The second kappa shape index (κ2) is 5.32. The van der Waals surface area contributed by atoms with Gasteiger partial charge in [-0.25, -0.2) is 13.0 Å². The summed E-state index contributed by atoms with van der Waals surface area (Å²) >= 11 is 0. The summed E-state index contributed by atoms with van der Waals surface area (Å²) in [7, 11) is -4.00. The Morgan fingerprint density at radius 1 is 1.22 bits per heavy atom. The van der Waals surface area contributed by atoms with Crippen molar-refractivity contribution in [3.05, 3.63) is 52.1 Å². The molecule has 0 aliphatic carbocycles. The fourth-order valence-corrected chi connectivity index (χ4v) is 3.28. The number of sulfonamides is 1. The summed E-state index contributed by atoms with van der Waals surface area (Å²) in [6, 6.07) is 8.47.